The summed E-state index contributed by atoms with van der Waals surface area (Å²) in [4.78, 5) is 13.3. The number of hydrogen-bond acceptors (Lipinski definition) is 4. The second-order valence-electron chi connectivity index (χ2n) is 4.74. The highest BCUT2D eigenvalue weighted by atomic mass is 79.9. The maximum Gasteiger partial charge on any atom is 0.308 e. The summed E-state index contributed by atoms with van der Waals surface area (Å²) in [6, 6.07) is 5.05. The van der Waals surface area contributed by atoms with Gasteiger partial charge in [0, 0.05) is 29.7 Å². The summed E-state index contributed by atoms with van der Waals surface area (Å²) in [6.45, 7) is 2.39. The van der Waals surface area contributed by atoms with Gasteiger partial charge in [0.2, 0.25) is 0 Å². The van der Waals surface area contributed by atoms with E-state index in [2.05, 4.69) is 25.6 Å². The van der Waals surface area contributed by atoms with Crippen molar-refractivity contribution in [1.82, 2.24) is 4.90 Å². The van der Waals surface area contributed by atoms with Crippen molar-refractivity contribution in [2.45, 2.75) is 19.1 Å². The molecule has 0 amide bonds. The Morgan fingerprint density at radius 1 is 1.60 bits per heavy atom. The monoisotopic (exact) mass is 345 g/mol. The fourth-order valence-corrected chi connectivity index (χ4v) is 2.54. The van der Waals surface area contributed by atoms with Crippen LogP contribution in [0.15, 0.2) is 22.7 Å². The van der Waals surface area contributed by atoms with Crippen LogP contribution in [-0.4, -0.2) is 43.8 Å². The summed E-state index contributed by atoms with van der Waals surface area (Å²) in [6.07, 6.45) is 0.0465. The average molecular weight is 346 g/mol. The molecule has 1 aromatic carbocycles. The normalized spacial score (nSPS) is 19.9. The Balaban J connectivity index is 1.94. The number of esters is 1. The van der Waals surface area contributed by atoms with Crippen LogP contribution in [0, 0.1) is 5.82 Å². The molecule has 110 valence electrons. The van der Waals surface area contributed by atoms with Crippen LogP contribution in [0.25, 0.3) is 0 Å². The molecule has 1 fully saturated rings. The van der Waals surface area contributed by atoms with E-state index in [9.17, 15) is 9.18 Å². The highest BCUT2D eigenvalue weighted by Crippen LogP contribution is 2.18. The average Bonchev–Trinajstić information content (AvgIpc) is 2.42. The lowest BCUT2D eigenvalue weighted by molar-refractivity contribution is -0.145. The van der Waals surface area contributed by atoms with Crippen molar-refractivity contribution in [2.24, 2.45) is 0 Å². The largest absolute Gasteiger partial charge is 0.469 e. The van der Waals surface area contributed by atoms with Gasteiger partial charge in [-0.05, 0) is 12.1 Å². The molecule has 1 aliphatic heterocycles. The smallest absolute Gasteiger partial charge is 0.308 e. The van der Waals surface area contributed by atoms with Gasteiger partial charge in [-0.25, -0.2) is 4.39 Å². The molecule has 1 aliphatic rings. The number of carbonyl (C=O) groups excluding carboxylic acids is 1. The minimum absolute atomic E-state index is 0.185. The van der Waals surface area contributed by atoms with E-state index in [1.165, 1.54) is 13.2 Å². The van der Waals surface area contributed by atoms with Gasteiger partial charge in [-0.2, -0.15) is 0 Å². The van der Waals surface area contributed by atoms with E-state index in [1.807, 2.05) is 6.07 Å². The molecule has 0 saturated carbocycles. The van der Waals surface area contributed by atoms with Crippen molar-refractivity contribution in [3.63, 3.8) is 0 Å². The van der Waals surface area contributed by atoms with Crippen LogP contribution in [-0.2, 0) is 20.8 Å². The molecule has 0 aliphatic carbocycles. The molecule has 1 heterocycles. The minimum Gasteiger partial charge on any atom is -0.469 e. The van der Waals surface area contributed by atoms with Gasteiger partial charge in [0.15, 0.2) is 0 Å². The molecular formula is C14H17BrFNO3. The van der Waals surface area contributed by atoms with Crippen LogP contribution in [0.2, 0.25) is 0 Å². The summed E-state index contributed by atoms with van der Waals surface area (Å²) >= 11 is 3.24. The molecule has 1 saturated heterocycles. The van der Waals surface area contributed by atoms with Gasteiger partial charge in [0.25, 0.3) is 0 Å². The molecule has 1 unspecified atom stereocenters. The van der Waals surface area contributed by atoms with Crippen molar-refractivity contribution in [3.05, 3.63) is 34.1 Å². The molecule has 1 atom stereocenters. The van der Waals surface area contributed by atoms with Crippen molar-refractivity contribution in [3.8, 4) is 0 Å². The molecule has 0 spiro atoms. The van der Waals surface area contributed by atoms with Gasteiger partial charge in [0.05, 0.1) is 26.2 Å². The van der Waals surface area contributed by atoms with Gasteiger partial charge in [-0.3, -0.25) is 9.69 Å². The summed E-state index contributed by atoms with van der Waals surface area (Å²) in [5.41, 5.74) is 0.645. The van der Waals surface area contributed by atoms with E-state index in [0.717, 1.165) is 11.0 Å². The zero-order chi connectivity index (χ0) is 14.5. The van der Waals surface area contributed by atoms with E-state index >= 15 is 0 Å². The van der Waals surface area contributed by atoms with Crippen LogP contribution in [0.5, 0.6) is 0 Å². The second-order valence-corrected chi connectivity index (χ2v) is 5.66. The van der Waals surface area contributed by atoms with Crippen molar-refractivity contribution in [1.29, 1.82) is 0 Å². The summed E-state index contributed by atoms with van der Waals surface area (Å²) in [5, 5.41) is 0. The number of methoxy groups -OCH3 is 1. The molecular weight excluding hydrogens is 329 g/mol. The number of halogens is 2. The van der Waals surface area contributed by atoms with Crippen LogP contribution in [0.1, 0.15) is 12.0 Å². The molecule has 0 bridgehead atoms. The fourth-order valence-electron chi connectivity index (χ4n) is 2.21. The maximum atomic E-state index is 13.8. The Morgan fingerprint density at radius 3 is 3.10 bits per heavy atom. The van der Waals surface area contributed by atoms with E-state index in [1.54, 1.807) is 6.07 Å². The number of carbonyl (C=O) groups is 1. The van der Waals surface area contributed by atoms with E-state index in [-0.39, 0.29) is 24.3 Å². The van der Waals surface area contributed by atoms with Crippen LogP contribution < -0.4 is 0 Å². The summed E-state index contributed by atoms with van der Waals surface area (Å²) < 4.78 is 24.7. The standard InChI is InChI=1S/C14H17BrFNO3/c1-19-14(18)7-12-9-17(4-5-20-12)8-10-2-3-11(15)6-13(10)16/h2-3,6,12H,4-5,7-9H2,1H3. The SMILES string of the molecule is COC(=O)CC1CN(Cc2ccc(Br)cc2F)CCO1. The molecule has 6 heteroatoms. The quantitative estimate of drug-likeness (QED) is 0.785. The molecule has 2 rings (SSSR count). The molecule has 0 radical (unpaired) electrons. The van der Waals surface area contributed by atoms with Crippen molar-refractivity contribution < 1.29 is 18.7 Å². The fraction of sp³-hybridized carbons (Fsp3) is 0.500. The lowest BCUT2D eigenvalue weighted by Crippen LogP contribution is -2.43. The Labute approximate surface area is 126 Å². The van der Waals surface area contributed by atoms with Gasteiger partial charge >= 0.3 is 5.97 Å². The highest BCUT2D eigenvalue weighted by molar-refractivity contribution is 9.10. The first-order valence-electron chi connectivity index (χ1n) is 6.43. The molecule has 20 heavy (non-hydrogen) atoms. The first-order valence-corrected chi connectivity index (χ1v) is 7.22. The zero-order valence-corrected chi connectivity index (χ0v) is 12.9. The predicted molar refractivity (Wildman–Crippen MR) is 75.8 cm³/mol. The zero-order valence-electron chi connectivity index (χ0n) is 11.3. The van der Waals surface area contributed by atoms with E-state index in [4.69, 9.17) is 4.74 Å². The van der Waals surface area contributed by atoms with Crippen molar-refractivity contribution >= 4 is 21.9 Å². The van der Waals surface area contributed by atoms with Crippen LogP contribution in [0.3, 0.4) is 0 Å². The van der Waals surface area contributed by atoms with E-state index < -0.39 is 0 Å². The van der Waals surface area contributed by atoms with Gasteiger partial charge < -0.3 is 9.47 Å². The van der Waals surface area contributed by atoms with Gasteiger partial charge in [-0.15, -0.1) is 0 Å². The first-order chi connectivity index (χ1) is 9.58. The number of hydrogen-bond donors (Lipinski definition) is 0. The lowest BCUT2D eigenvalue weighted by atomic mass is 10.1. The highest BCUT2D eigenvalue weighted by Gasteiger charge is 2.23. The molecule has 0 N–H and O–H groups in total. The lowest BCUT2D eigenvalue weighted by Gasteiger charge is -2.32. The number of benzene rings is 1. The third-order valence-electron chi connectivity index (χ3n) is 3.25. The third-order valence-corrected chi connectivity index (χ3v) is 3.75. The van der Waals surface area contributed by atoms with Gasteiger partial charge in [-0.1, -0.05) is 22.0 Å². The summed E-state index contributed by atoms with van der Waals surface area (Å²) in [7, 11) is 1.36. The molecule has 1 aromatic rings. The minimum atomic E-state index is -0.285. The Morgan fingerprint density at radius 2 is 2.40 bits per heavy atom. The Kier molecular flexibility index (Phi) is 5.51. The molecule has 4 nitrogen and oxygen atoms in total. The number of nitrogens with zero attached hydrogens (tertiary/aromatic N) is 1. The topological polar surface area (TPSA) is 38.8 Å². The third kappa shape index (κ3) is 4.26. The number of ether oxygens (including phenoxy) is 2. The predicted octanol–water partition coefficient (Wildman–Crippen LogP) is 2.35. The Bertz CT molecular complexity index is 483. The van der Waals surface area contributed by atoms with Gasteiger partial charge in [0.1, 0.15) is 5.82 Å². The first kappa shape index (κ1) is 15.4. The van der Waals surface area contributed by atoms with Crippen molar-refractivity contribution in [2.75, 3.05) is 26.8 Å². The van der Waals surface area contributed by atoms with Crippen LogP contribution in [0.4, 0.5) is 4.39 Å². The van der Waals surface area contributed by atoms with Crippen LogP contribution >= 0.6 is 15.9 Å². The van der Waals surface area contributed by atoms with E-state index in [0.29, 0.717) is 25.3 Å². The Hall–Kier alpha value is -0.980. The summed E-state index contributed by atoms with van der Waals surface area (Å²) in [5.74, 6) is -0.512. The number of morpholine rings is 1. The number of rotatable bonds is 4. The second kappa shape index (κ2) is 7.15. The maximum absolute atomic E-state index is 13.8. The molecule has 0 aromatic heterocycles.